The van der Waals surface area contributed by atoms with E-state index in [0.717, 1.165) is 0 Å². The normalized spacial score (nSPS) is 17.0. The molecule has 0 nitrogen and oxygen atoms in total. The highest BCUT2D eigenvalue weighted by atomic mass is 14.2. The number of benzene rings is 1. The molecule has 0 saturated heterocycles. The number of hydrogen-bond acceptors (Lipinski definition) is 0. The second-order valence-corrected chi connectivity index (χ2v) is 4.13. The fraction of sp³-hybridized carbons (Fsp3) is 0.286. The zero-order chi connectivity index (χ0) is 10.3. The molecule has 0 spiro atoms. The summed E-state index contributed by atoms with van der Waals surface area (Å²) in [6, 6.07) is 12.0. The monoisotopic (exact) mass is 186 g/mol. The van der Waals surface area contributed by atoms with E-state index >= 15 is 0 Å². The minimum atomic E-state index is 0.411. The smallest absolute Gasteiger partial charge is 0.0137 e. The largest absolute Gasteiger partial charge is 0.0837 e. The Balaban J connectivity index is 0.000000146. The summed E-state index contributed by atoms with van der Waals surface area (Å²) in [5, 5.41) is 0. The Labute approximate surface area is 87.0 Å². The van der Waals surface area contributed by atoms with Crippen LogP contribution in [0.3, 0.4) is 0 Å². The van der Waals surface area contributed by atoms with Gasteiger partial charge in [0.1, 0.15) is 0 Å². The molecule has 0 bridgehead atoms. The Morgan fingerprint density at radius 1 is 0.786 bits per heavy atom. The van der Waals surface area contributed by atoms with Gasteiger partial charge in [0.25, 0.3) is 0 Å². The van der Waals surface area contributed by atoms with Gasteiger partial charge in [-0.05, 0) is 11.8 Å². The van der Waals surface area contributed by atoms with Gasteiger partial charge in [-0.2, -0.15) is 0 Å². The molecule has 0 unspecified atom stereocenters. The van der Waals surface area contributed by atoms with Gasteiger partial charge in [0.05, 0.1) is 0 Å². The maximum absolute atomic E-state index is 2.24. The van der Waals surface area contributed by atoms with Crippen LogP contribution in [-0.4, -0.2) is 0 Å². The van der Waals surface area contributed by atoms with E-state index in [1.54, 1.807) is 0 Å². The molecule has 1 aromatic rings. The van der Waals surface area contributed by atoms with Crippen LogP contribution in [0.4, 0.5) is 0 Å². The van der Waals surface area contributed by atoms with E-state index in [1.165, 1.54) is 6.42 Å². The van der Waals surface area contributed by atoms with Gasteiger partial charge in [-0.15, -0.1) is 0 Å². The Kier molecular flexibility index (Phi) is 4.18. The molecule has 1 aromatic carbocycles. The van der Waals surface area contributed by atoms with Crippen molar-refractivity contribution in [3.63, 3.8) is 0 Å². The molecular weight excluding hydrogens is 168 g/mol. The highest BCUT2D eigenvalue weighted by Crippen LogP contribution is 2.24. The molecule has 0 heterocycles. The number of allylic oxidation sites excluding steroid dienone is 4. The van der Waals surface area contributed by atoms with Crippen LogP contribution in [0, 0.1) is 5.41 Å². The number of hydrogen-bond donors (Lipinski definition) is 0. The Bertz CT molecular complexity index is 264. The molecule has 0 N–H and O–H groups in total. The first-order chi connectivity index (χ1) is 6.71. The molecule has 0 aromatic heterocycles. The van der Waals surface area contributed by atoms with E-state index in [0.29, 0.717) is 5.41 Å². The molecule has 1 aliphatic rings. The third-order valence-electron chi connectivity index (χ3n) is 2.11. The summed E-state index contributed by atoms with van der Waals surface area (Å²) in [6.07, 6.45) is 9.85. The maximum Gasteiger partial charge on any atom is -0.0137 e. The summed E-state index contributed by atoms with van der Waals surface area (Å²) in [7, 11) is 0. The zero-order valence-corrected chi connectivity index (χ0v) is 8.98. The molecule has 0 aliphatic heterocycles. The van der Waals surface area contributed by atoms with Crippen LogP contribution in [0.1, 0.15) is 20.3 Å². The zero-order valence-electron chi connectivity index (χ0n) is 8.98. The van der Waals surface area contributed by atoms with Crippen molar-refractivity contribution in [2.75, 3.05) is 0 Å². The van der Waals surface area contributed by atoms with Gasteiger partial charge < -0.3 is 0 Å². The van der Waals surface area contributed by atoms with Crippen molar-refractivity contribution in [1.29, 1.82) is 0 Å². The van der Waals surface area contributed by atoms with Crippen molar-refractivity contribution >= 4 is 0 Å². The van der Waals surface area contributed by atoms with Gasteiger partial charge in [-0.1, -0.05) is 74.5 Å². The molecule has 74 valence electrons. The molecule has 0 radical (unpaired) electrons. The average Bonchev–Trinajstić information content (AvgIpc) is 2.21. The van der Waals surface area contributed by atoms with E-state index in [9.17, 15) is 0 Å². The summed E-state index contributed by atoms with van der Waals surface area (Å²) in [4.78, 5) is 0. The SMILES string of the molecule is CC1(C)C=CC=CC1.c1ccccc1. The Hall–Kier alpha value is -1.30. The lowest BCUT2D eigenvalue weighted by molar-refractivity contribution is 0.484. The molecule has 0 saturated carbocycles. The van der Waals surface area contributed by atoms with Gasteiger partial charge in [-0.25, -0.2) is 0 Å². The van der Waals surface area contributed by atoms with Gasteiger partial charge in [-0.3, -0.25) is 0 Å². The van der Waals surface area contributed by atoms with Crippen LogP contribution in [0.5, 0.6) is 0 Å². The lowest BCUT2D eigenvalue weighted by atomic mass is 9.86. The molecule has 2 rings (SSSR count). The minimum Gasteiger partial charge on any atom is -0.0837 e. The third kappa shape index (κ3) is 4.66. The molecule has 0 amide bonds. The predicted octanol–water partition coefficient (Wildman–Crippen LogP) is 4.22. The van der Waals surface area contributed by atoms with Crippen molar-refractivity contribution in [3.05, 3.63) is 60.7 Å². The van der Waals surface area contributed by atoms with Crippen LogP contribution >= 0.6 is 0 Å². The molecule has 0 heteroatoms. The van der Waals surface area contributed by atoms with Gasteiger partial charge in [0.2, 0.25) is 0 Å². The van der Waals surface area contributed by atoms with Crippen LogP contribution < -0.4 is 0 Å². The van der Waals surface area contributed by atoms with Crippen molar-refractivity contribution in [1.82, 2.24) is 0 Å². The fourth-order valence-corrected chi connectivity index (χ4v) is 1.22. The summed E-state index contributed by atoms with van der Waals surface area (Å²) in [6.45, 7) is 4.49. The first kappa shape index (κ1) is 10.8. The van der Waals surface area contributed by atoms with E-state index < -0.39 is 0 Å². The van der Waals surface area contributed by atoms with Gasteiger partial charge in [0, 0.05) is 0 Å². The summed E-state index contributed by atoms with van der Waals surface area (Å²) in [5.41, 5.74) is 0.411. The Morgan fingerprint density at radius 3 is 1.50 bits per heavy atom. The first-order valence-corrected chi connectivity index (χ1v) is 5.05. The lowest BCUT2D eigenvalue weighted by Crippen LogP contribution is -2.06. The van der Waals surface area contributed by atoms with Crippen molar-refractivity contribution < 1.29 is 0 Å². The number of rotatable bonds is 0. The minimum absolute atomic E-state index is 0.411. The van der Waals surface area contributed by atoms with Gasteiger partial charge >= 0.3 is 0 Å². The summed E-state index contributed by atoms with van der Waals surface area (Å²) < 4.78 is 0. The van der Waals surface area contributed by atoms with Crippen molar-refractivity contribution in [3.8, 4) is 0 Å². The Morgan fingerprint density at radius 2 is 1.29 bits per heavy atom. The predicted molar refractivity (Wildman–Crippen MR) is 63.1 cm³/mol. The van der Waals surface area contributed by atoms with Crippen LogP contribution in [0.2, 0.25) is 0 Å². The summed E-state index contributed by atoms with van der Waals surface area (Å²) >= 11 is 0. The van der Waals surface area contributed by atoms with Crippen LogP contribution in [-0.2, 0) is 0 Å². The molecule has 0 fully saturated rings. The van der Waals surface area contributed by atoms with E-state index in [-0.39, 0.29) is 0 Å². The standard InChI is InChI=1S/C8H12.C6H6/c1-8(2)6-4-3-5-7-8;1-2-4-6-5-3-1/h3-6H,7H2,1-2H3;1-6H. The summed E-state index contributed by atoms with van der Waals surface area (Å²) in [5.74, 6) is 0. The van der Waals surface area contributed by atoms with Crippen molar-refractivity contribution in [2.24, 2.45) is 5.41 Å². The van der Waals surface area contributed by atoms with E-state index in [4.69, 9.17) is 0 Å². The van der Waals surface area contributed by atoms with E-state index in [1.807, 2.05) is 36.4 Å². The van der Waals surface area contributed by atoms with E-state index in [2.05, 4.69) is 38.2 Å². The third-order valence-corrected chi connectivity index (χ3v) is 2.11. The second-order valence-electron chi connectivity index (χ2n) is 4.13. The molecule has 0 atom stereocenters. The van der Waals surface area contributed by atoms with Crippen LogP contribution in [0.15, 0.2) is 60.7 Å². The molecule has 14 heavy (non-hydrogen) atoms. The molecular formula is C14H18. The topological polar surface area (TPSA) is 0 Å². The van der Waals surface area contributed by atoms with Crippen molar-refractivity contribution in [2.45, 2.75) is 20.3 Å². The maximum atomic E-state index is 2.24. The second kappa shape index (κ2) is 5.43. The lowest BCUT2D eigenvalue weighted by Gasteiger charge is -2.19. The highest BCUT2D eigenvalue weighted by Gasteiger charge is 2.11. The van der Waals surface area contributed by atoms with Gasteiger partial charge in [0.15, 0.2) is 0 Å². The molecule has 1 aliphatic carbocycles. The van der Waals surface area contributed by atoms with Crippen LogP contribution in [0.25, 0.3) is 0 Å². The first-order valence-electron chi connectivity index (χ1n) is 5.05. The quantitative estimate of drug-likeness (QED) is 0.569. The fourth-order valence-electron chi connectivity index (χ4n) is 1.22. The highest BCUT2D eigenvalue weighted by molar-refractivity contribution is 5.14. The average molecular weight is 186 g/mol.